The predicted molar refractivity (Wildman–Crippen MR) is 46.0 cm³/mol. The summed E-state index contributed by atoms with van der Waals surface area (Å²) in [7, 11) is 2.90. The van der Waals surface area contributed by atoms with Crippen molar-refractivity contribution in [2.75, 3.05) is 27.4 Å². The molecule has 0 saturated heterocycles. The zero-order chi connectivity index (χ0) is 8.74. The summed E-state index contributed by atoms with van der Waals surface area (Å²) in [5.41, 5.74) is 0. The van der Waals surface area contributed by atoms with E-state index in [2.05, 4.69) is 0 Å². The normalized spacial score (nSPS) is 11.9. The second-order valence-corrected chi connectivity index (χ2v) is 4.95. The lowest BCUT2D eigenvalue weighted by Gasteiger charge is -2.16. The zero-order valence-corrected chi connectivity index (χ0v) is 8.36. The second-order valence-electron chi connectivity index (χ2n) is 1.72. The molecule has 0 spiro atoms. The van der Waals surface area contributed by atoms with Crippen LogP contribution in [0, 0.1) is 0 Å². The van der Waals surface area contributed by atoms with Crippen LogP contribution in [0.1, 0.15) is 6.42 Å². The highest BCUT2D eigenvalue weighted by Gasteiger charge is 2.15. The molecule has 0 atom stereocenters. The van der Waals surface area contributed by atoms with Crippen LogP contribution in [0.5, 0.6) is 0 Å². The number of hydrogen-bond donors (Lipinski definition) is 1. The molecule has 0 bridgehead atoms. The van der Waals surface area contributed by atoms with Crippen LogP contribution >= 0.6 is 6.72 Å². The van der Waals surface area contributed by atoms with E-state index >= 15 is 0 Å². The van der Waals surface area contributed by atoms with E-state index in [1.165, 1.54) is 14.2 Å². The predicted octanol–water partition coefficient (Wildman–Crippen LogP) is 0.903. The molecule has 11 heavy (non-hydrogen) atoms. The molecule has 0 unspecified atom stereocenters. The van der Waals surface area contributed by atoms with Gasteiger partial charge in [-0.3, -0.25) is 0 Å². The second kappa shape index (κ2) is 6.06. The molecule has 6 heteroatoms. The number of rotatable bonds is 6. The monoisotopic (exact) mass is 200 g/mol. The van der Waals surface area contributed by atoms with Gasteiger partial charge in [-0.25, -0.2) is 0 Å². The van der Waals surface area contributed by atoms with Crippen molar-refractivity contribution in [3.8, 4) is 0 Å². The molecule has 0 aliphatic rings. The van der Waals surface area contributed by atoms with Gasteiger partial charge >= 0.3 is 6.72 Å². The van der Waals surface area contributed by atoms with Gasteiger partial charge in [-0.2, -0.15) is 0 Å². The molecule has 0 aliphatic carbocycles. The SMILES string of the molecule is COP(=S)(OC)OCCCO. The summed E-state index contributed by atoms with van der Waals surface area (Å²) in [5.74, 6) is 0. The van der Waals surface area contributed by atoms with E-state index in [1.807, 2.05) is 0 Å². The van der Waals surface area contributed by atoms with Crippen LogP contribution < -0.4 is 0 Å². The Morgan fingerprint density at radius 2 is 1.91 bits per heavy atom. The highest BCUT2D eigenvalue weighted by Crippen LogP contribution is 2.47. The van der Waals surface area contributed by atoms with Gasteiger partial charge in [0.15, 0.2) is 0 Å². The molecule has 0 amide bonds. The van der Waals surface area contributed by atoms with Gasteiger partial charge in [0.1, 0.15) is 0 Å². The van der Waals surface area contributed by atoms with Crippen LogP contribution in [0.3, 0.4) is 0 Å². The number of hydrogen-bond acceptors (Lipinski definition) is 5. The fraction of sp³-hybridized carbons (Fsp3) is 1.00. The molecule has 0 saturated carbocycles. The van der Waals surface area contributed by atoms with Crippen molar-refractivity contribution in [2.45, 2.75) is 6.42 Å². The van der Waals surface area contributed by atoms with Gasteiger partial charge in [-0.15, -0.1) is 0 Å². The molecule has 0 aliphatic heterocycles. The Bertz CT molecular complexity index is 132. The molecule has 0 rings (SSSR count). The summed E-state index contributed by atoms with van der Waals surface area (Å²) >= 11 is 4.88. The van der Waals surface area contributed by atoms with E-state index in [0.29, 0.717) is 13.0 Å². The van der Waals surface area contributed by atoms with Gasteiger partial charge in [0.25, 0.3) is 0 Å². The first-order valence-electron chi connectivity index (χ1n) is 3.15. The van der Waals surface area contributed by atoms with Gasteiger partial charge in [0.05, 0.1) is 6.61 Å². The van der Waals surface area contributed by atoms with E-state index in [9.17, 15) is 0 Å². The molecular weight excluding hydrogens is 187 g/mol. The minimum absolute atomic E-state index is 0.0861. The van der Waals surface area contributed by atoms with Crippen molar-refractivity contribution < 1.29 is 18.7 Å². The van der Waals surface area contributed by atoms with Crippen LogP contribution in [0.4, 0.5) is 0 Å². The molecule has 0 aromatic rings. The van der Waals surface area contributed by atoms with E-state index in [1.54, 1.807) is 0 Å². The summed E-state index contributed by atoms with van der Waals surface area (Å²) in [5, 5.41) is 8.43. The van der Waals surface area contributed by atoms with Crippen molar-refractivity contribution in [3.63, 3.8) is 0 Å². The summed E-state index contributed by atoms with van der Waals surface area (Å²) in [6.45, 7) is -2.03. The van der Waals surface area contributed by atoms with Crippen molar-refractivity contribution in [1.29, 1.82) is 0 Å². The van der Waals surface area contributed by atoms with E-state index in [0.717, 1.165) is 0 Å². The van der Waals surface area contributed by atoms with Crippen LogP contribution in [0.2, 0.25) is 0 Å². The molecule has 0 aromatic heterocycles. The van der Waals surface area contributed by atoms with Crippen molar-refractivity contribution >= 4 is 18.5 Å². The minimum Gasteiger partial charge on any atom is -0.396 e. The summed E-state index contributed by atoms with van der Waals surface area (Å²) < 4.78 is 14.8. The van der Waals surface area contributed by atoms with Gasteiger partial charge in [-0.1, -0.05) is 0 Å². The van der Waals surface area contributed by atoms with E-state index in [4.69, 9.17) is 30.5 Å². The molecule has 0 radical (unpaired) electrons. The van der Waals surface area contributed by atoms with Crippen LogP contribution in [-0.2, 0) is 25.4 Å². The maximum atomic E-state index is 8.43. The lowest BCUT2D eigenvalue weighted by molar-refractivity contribution is 0.181. The van der Waals surface area contributed by atoms with Crippen molar-refractivity contribution in [2.24, 2.45) is 0 Å². The minimum atomic E-state index is -2.49. The summed E-state index contributed by atoms with van der Waals surface area (Å²) in [6.07, 6.45) is 0.547. The Labute approximate surface area is 71.7 Å². The molecule has 0 heterocycles. The van der Waals surface area contributed by atoms with Crippen LogP contribution in [0.15, 0.2) is 0 Å². The first kappa shape index (κ1) is 11.5. The molecule has 1 N–H and O–H groups in total. The van der Waals surface area contributed by atoms with Gasteiger partial charge in [-0.05, 0) is 18.2 Å². The number of aliphatic hydroxyl groups excluding tert-OH is 1. The lowest BCUT2D eigenvalue weighted by atomic mass is 10.5. The summed E-state index contributed by atoms with van der Waals surface area (Å²) in [6, 6.07) is 0. The smallest absolute Gasteiger partial charge is 0.326 e. The van der Waals surface area contributed by atoms with Crippen molar-refractivity contribution in [3.05, 3.63) is 0 Å². The highest BCUT2D eigenvalue weighted by molar-refractivity contribution is 8.07. The Balaban J connectivity index is 3.61. The Morgan fingerprint density at radius 3 is 2.27 bits per heavy atom. The highest BCUT2D eigenvalue weighted by atomic mass is 32.5. The van der Waals surface area contributed by atoms with E-state index < -0.39 is 6.72 Å². The fourth-order valence-electron chi connectivity index (χ4n) is 0.421. The third-order valence-electron chi connectivity index (χ3n) is 0.999. The first-order chi connectivity index (χ1) is 5.18. The average molecular weight is 200 g/mol. The van der Waals surface area contributed by atoms with Crippen LogP contribution in [-0.4, -0.2) is 32.5 Å². The topological polar surface area (TPSA) is 47.9 Å². The molecule has 0 fully saturated rings. The molecule has 68 valence electrons. The Hall–Kier alpha value is 0.490. The zero-order valence-electron chi connectivity index (χ0n) is 6.65. The van der Waals surface area contributed by atoms with Gasteiger partial charge in [0.2, 0.25) is 0 Å². The summed E-state index contributed by atoms with van der Waals surface area (Å²) in [4.78, 5) is 0. The lowest BCUT2D eigenvalue weighted by Crippen LogP contribution is -1.98. The van der Waals surface area contributed by atoms with Crippen LogP contribution in [0.25, 0.3) is 0 Å². The first-order valence-corrected chi connectivity index (χ1v) is 5.71. The molecule has 4 nitrogen and oxygen atoms in total. The Kier molecular flexibility index (Phi) is 6.33. The molecular formula is C5H13O4PS. The third kappa shape index (κ3) is 4.85. The third-order valence-corrected chi connectivity index (χ3v) is 3.60. The van der Waals surface area contributed by atoms with Gasteiger partial charge in [0, 0.05) is 20.8 Å². The average Bonchev–Trinajstić information content (AvgIpc) is 2.05. The standard InChI is InChI=1S/C5H13O4PS/c1-7-10(11,8-2)9-5-3-4-6/h6H,3-5H2,1-2H3. The fourth-order valence-corrected chi connectivity index (χ4v) is 1.36. The van der Waals surface area contributed by atoms with Crippen molar-refractivity contribution in [1.82, 2.24) is 0 Å². The number of aliphatic hydroxyl groups is 1. The Morgan fingerprint density at radius 1 is 1.36 bits per heavy atom. The maximum Gasteiger partial charge on any atom is 0.326 e. The van der Waals surface area contributed by atoms with Gasteiger partial charge < -0.3 is 18.7 Å². The largest absolute Gasteiger partial charge is 0.396 e. The van der Waals surface area contributed by atoms with E-state index in [-0.39, 0.29) is 6.61 Å². The quantitative estimate of drug-likeness (QED) is 0.510. The maximum absolute atomic E-state index is 8.43. The molecule has 0 aromatic carbocycles.